The fourth-order valence-corrected chi connectivity index (χ4v) is 3.24. The molecule has 6 nitrogen and oxygen atoms in total. The van der Waals surface area contributed by atoms with Crippen molar-refractivity contribution in [3.63, 3.8) is 0 Å². The summed E-state index contributed by atoms with van der Waals surface area (Å²) >= 11 is 7.50. The summed E-state index contributed by atoms with van der Waals surface area (Å²) in [5.41, 5.74) is 3.86. The molecule has 1 heterocycles. The maximum absolute atomic E-state index is 11.1. The minimum absolute atomic E-state index is 0.0645. The number of hydrogen-bond donors (Lipinski definition) is 3. The summed E-state index contributed by atoms with van der Waals surface area (Å²) in [7, 11) is 0. The molecule has 0 bridgehead atoms. The molecule has 3 N–H and O–H groups in total. The number of aromatic nitrogens is 2. The molecule has 0 saturated heterocycles. The highest BCUT2D eigenvalue weighted by molar-refractivity contribution is 7.99. The maximum Gasteiger partial charge on any atom is 0.313 e. The monoisotopic (exact) mass is 375 g/mol. The number of imidazole rings is 1. The molecule has 0 atom stereocenters. The Balaban J connectivity index is 1.91. The van der Waals surface area contributed by atoms with E-state index in [9.17, 15) is 9.59 Å². The van der Waals surface area contributed by atoms with Gasteiger partial charge < -0.3 is 15.4 Å². The number of thioether (sulfide) groups is 1. The van der Waals surface area contributed by atoms with Gasteiger partial charge in [0.1, 0.15) is 0 Å². The predicted octanol–water partition coefficient (Wildman–Crippen LogP) is 4.02. The van der Waals surface area contributed by atoms with Crippen molar-refractivity contribution in [1.29, 1.82) is 0 Å². The molecule has 1 amide bonds. The minimum Gasteiger partial charge on any atom is -0.481 e. The minimum atomic E-state index is -0.900. The first-order chi connectivity index (χ1) is 11.9. The van der Waals surface area contributed by atoms with Crippen molar-refractivity contribution in [3.8, 4) is 11.1 Å². The highest BCUT2D eigenvalue weighted by Gasteiger charge is 2.11. The van der Waals surface area contributed by atoms with Crippen LogP contribution in [0.25, 0.3) is 22.2 Å². The Hall–Kier alpha value is -2.51. The van der Waals surface area contributed by atoms with E-state index in [0.717, 1.165) is 28.4 Å². The van der Waals surface area contributed by atoms with Crippen LogP contribution in [-0.2, 0) is 9.59 Å². The zero-order chi connectivity index (χ0) is 18.0. The molecule has 0 aliphatic heterocycles. The second-order valence-corrected chi connectivity index (χ2v) is 6.70. The summed E-state index contributed by atoms with van der Waals surface area (Å²) in [5, 5.41) is 12.6. The number of carboxylic acids is 1. The molecule has 128 valence electrons. The van der Waals surface area contributed by atoms with Gasteiger partial charge in [-0.05, 0) is 29.8 Å². The molecule has 0 saturated carbocycles. The number of carboxylic acid groups (broad SMARTS) is 1. The van der Waals surface area contributed by atoms with Gasteiger partial charge in [0.2, 0.25) is 5.91 Å². The lowest BCUT2D eigenvalue weighted by Crippen LogP contribution is -2.05. The second kappa shape index (κ2) is 7.16. The van der Waals surface area contributed by atoms with Crippen molar-refractivity contribution in [3.05, 3.63) is 41.4 Å². The normalized spacial score (nSPS) is 10.8. The molecular weight excluding hydrogens is 362 g/mol. The van der Waals surface area contributed by atoms with Crippen LogP contribution < -0.4 is 5.32 Å². The van der Waals surface area contributed by atoms with Gasteiger partial charge in [-0.15, -0.1) is 0 Å². The zero-order valence-electron chi connectivity index (χ0n) is 13.2. The first-order valence-corrected chi connectivity index (χ1v) is 8.70. The van der Waals surface area contributed by atoms with E-state index in [0.29, 0.717) is 21.4 Å². The number of nitrogens with one attached hydrogen (secondary N) is 2. The average Bonchev–Trinajstić information content (AvgIpc) is 2.94. The second-order valence-electron chi connectivity index (χ2n) is 5.33. The largest absolute Gasteiger partial charge is 0.481 e. The van der Waals surface area contributed by atoms with E-state index in [1.165, 1.54) is 6.92 Å². The van der Waals surface area contributed by atoms with Crippen molar-refractivity contribution < 1.29 is 14.7 Å². The number of anilines is 1. The SMILES string of the molecule is CC(=O)Nc1ccc(-c2cc3nc(SCC(=O)O)[nH]c3cc2Cl)cc1. The molecule has 0 unspecified atom stereocenters. The number of amides is 1. The third-order valence-corrected chi connectivity index (χ3v) is 4.57. The number of rotatable bonds is 5. The number of aromatic amines is 1. The molecule has 3 rings (SSSR count). The summed E-state index contributed by atoms with van der Waals surface area (Å²) < 4.78 is 0. The van der Waals surface area contributed by atoms with E-state index >= 15 is 0 Å². The number of aliphatic carboxylic acids is 1. The van der Waals surface area contributed by atoms with Gasteiger partial charge >= 0.3 is 5.97 Å². The predicted molar refractivity (Wildman–Crippen MR) is 99.2 cm³/mol. The average molecular weight is 376 g/mol. The van der Waals surface area contributed by atoms with Crippen molar-refractivity contribution in [1.82, 2.24) is 9.97 Å². The third kappa shape index (κ3) is 4.12. The Labute approximate surface area is 152 Å². The molecule has 2 aromatic carbocycles. The van der Waals surface area contributed by atoms with Crippen LogP contribution in [0.15, 0.2) is 41.6 Å². The summed E-state index contributed by atoms with van der Waals surface area (Å²) in [6.07, 6.45) is 0. The van der Waals surface area contributed by atoms with Crippen LogP contribution in [0.3, 0.4) is 0 Å². The number of nitrogens with zero attached hydrogens (tertiary/aromatic N) is 1. The van der Waals surface area contributed by atoms with Crippen molar-refractivity contribution in [2.75, 3.05) is 11.1 Å². The fourth-order valence-electron chi connectivity index (χ4n) is 2.36. The van der Waals surface area contributed by atoms with E-state index in [2.05, 4.69) is 15.3 Å². The number of carbonyl (C=O) groups is 2. The van der Waals surface area contributed by atoms with Gasteiger partial charge in [-0.3, -0.25) is 9.59 Å². The Morgan fingerprint density at radius 2 is 2.00 bits per heavy atom. The molecule has 25 heavy (non-hydrogen) atoms. The Morgan fingerprint density at radius 3 is 2.64 bits per heavy atom. The number of benzene rings is 2. The first kappa shape index (κ1) is 17.3. The first-order valence-electron chi connectivity index (χ1n) is 7.34. The van der Waals surface area contributed by atoms with Crippen LogP contribution in [-0.4, -0.2) is 32.7 Å². The smallest absolute Gasteiger partial charge is 0.313 e. The lowest BCUT2D eigenvalue weighted by Gasteiger charge is -2.07. The lowest BCUT2D eigenvalue weighted by molar-refractivity contribution is -0.133. The Bertz CT molecular complexity index is 954. The molecule has 3 aromatic rings. The number of halogens is 1. The summed E-state index contributed by atoms with van der Waals surface area (Å²) in [5.74, 6) is -1.09. The molecule has 0 radical (unpaired) electrons. The van der Waals surface area contributed by atoms with Gasteiger partial charge in [-0.1, -0.05) is 35.5 Å². The van der Waals surface area contributed by atoms with Gasteiger partial charge in [0.15, 0.2) is 5.16 Å². The van der Waals surface area contributed by atoms with E-state index in [1.54, 1.807) is 18.2 Å². The van der Waals surface area contributed by atoms with Gasteiger partial charge in [0.05, 0.1) is 21.8 Å². The van der Waals surface area contributed by atoms with E-state index in [1.807, 2.05) is 18.2 Å². The van der Waals surface area contributed by atoms with Crippen LogP contribution in [0.4, 0.5) is 5.69 Å². The van der Waals surface area contributed by atoms with Crippen molar-refractivity contribution in [2.45, 2.75) is 12.1 Å². The summed E-state index contributed by atoms with van der Waals surface area (Å²) in [4.78, 5) is 29.2. The number of fused-ring (bicyclic) bond motifs is 1. The quantitative estimate of drug-likeness (QED) is 0.585. The topological polar surface area (TPSA) is 95.1 Å². The van der Waals surface area contributed by atoms with Crippen LogP contribution in [0.1, 0.15) is 6.92 Å². The van der Waals surface area contributed by atoms with Gasteiger partial charge in [0.25, 0.3) is 0 Å². The number of hydrogen-bond acceptors (Lipinski definition) is 4. The lowest BCUT2D eigenvalue weighted by atomic mass is 10.0. The molecule has 0 spiro atoms. The van der Waals surface area contributed by atoms with Gasteiger partial charge in [-0.2, -0.15) is 0 Å². The Morgan fingerprint density at radius 1 is 1.28 bits per heavy atom. The zero-order valence-corrected chi connectivity index (χ0v) is 14.7. The van der Waals surface area contributed by atoms with E-state index in [4.69, 9.17) is 16.7 Å². The molecule has 8 heteroatoms. The number of H-pyrrole nitrogens is 1. The van der Waals surface area contributed by atoms with Crippen LogP contribution >= 0.6 is 23.4 Å². The molecule has 0 aliphatic carbocycles. The Kier molecular flexibility index (Phi) is 4.96. The highest BCUT2D eigenvalue weighted by atomic mass is 35.5. The fraction of sp³-hybridized carbons (Fsp3) is 0.118. The molecule has 0 aliphatic rings. The van der Waals surface area contributed by atoms with E-state index < -0.39 is 5.97 Å². The molecule has 1 aromatic heterocycles. The summed E-state index contributed by atoms with van der Waals surface area (Å²) in [6, 6.07) is 11.0. The van der Waals surface area contributed by atoms with Crippen LogP contribution in [0, 0.1) is 0 Å². The number of carbonyl (C=O) groups excluding carboxylic acids is 1. The molecule has 0 fully saturated rings. The van der Waals surface area contributed by atoms with Gasteiger partial charge in [0, 0.05) is 18.2 Å². The third-order valence-electron chi connectivity index (χ3n) is 3.40. The maximum atomic E-state index is 11.1. The highest BCUT2D eigenvalue weighted by Crippen LogP contribution is 2.33. The standard InChI is InChI=1S/C17H14ClN3O3S/c1-9(22)19-11-4-2-10(3-5-11)12-6-14-15(7-13(12)18)21-17(20-14)25-8-16(23)24/h2-7H,8H2,1H3,(H,19,22)(H,20,21)(H,23,24). The molecular formula is C17H14ClN3O3S. The summed E-state index contributed by atoms with van der Waals surface area (Å²) in [6.45, 7) is 1.45. The van der Waals surface area contributed by atoms with Gasteiger partial charge in [-0.25, -0.2) is 4.98 Å². The van der Waals surface area contributed by atoms with Crippen LogP contribution in [0.5, 0.6) is 0 Å². The van der Waals surface area contributed by atoms with E-state index in [-0.39, 0.29) is 11.7 Å². The van der Waals surface area contributed by atoms with Crippen molar-refractivity contribution >= 4 is 52.0 Å². The van der Waals surface area contributed by atoms with Crippen molar-refractivity contribution in [2.24, 2.45) is 0 Å². The van der Waals surface area contributed by atoms with Crippen LogP contribution in [0.2, 0.25) is 5.02 Å².